The number of benzene rings is 2. The first-order valence-corrected chi connectivity index (χ1v) is 10.0. The lowest BCUT2D eigenvalue weighted by molar-refractivity contribution is -0.167. The highest BCUT2D eigenvalue weighted by Gasteiger charge is 2.41. The molecule has 5 nitrogen and oxygen atoms in total. The third-order valence-corrected chi connectivity index (χ3v) is 5.93. The zero-order valence-electron chi connectivity index (χ0n) is 16.5. The Morgan fingerprint density at radius 2 is 1.82 bits per heavy atom. The van der Waals surface area contributed by atoms with Gasteiger partial charge >= 0.3 is 5.97 Å². The molecule has 1 atom stereocenters. The molecule has 4 rings (SSSR count). The van der Waals surface area contributed by atoms with Gasteiger partial charge in [-0.2, -0.15) is 0 Å². The molecule has 2 aromatic carbocycles. The van der Waals surface area contributed by atoms with Crippen molar-refractivity contribution in [1.82, 2.24) is 4.90 Å². The summed E-state index contributed by atoms with van der Waals surface area (Å²) in [6.07, 6.45) is 1.89. The van der Waals surface area contributed by atoms with E-state index in [0.29, 0.717) is 12.5 Å². The number of fused-ring (bicyclic) bond motifs is 1. The molecule has 0 bridgehead atoms. The lowest BCUT2D eigenvalue weighted by Gasteiger charge is -2.43. The summed E-state index contributed by atoms with van der Waals surface area (Å²) in [6.45, 7) is 6.04. The van der Waals surface area contributed by atoms with Crippen molar-refractivity contribution in [2.24, 2.45) is 0 Å². The Bertz CT molecular complexity index is 828. The predicted octanol–water partition coefficient (Wildman–Crippen LogP) is 4.42. The van der Waals surface area contributed by atoms with Crippen LogP contribution in [0.25, 0.3) is 0 Å². The first-order chi connectivity index (χ1) is 13.6. The summed E-state index contributed by atoms with van der Waals surface area (Å²) in [5.41, 5.74) is 1.69. The van der Waals surface area contributed by atoms with Crippen LogP contribution in [0.4, 0.5) is 0 Å². The largest absolute Gasteiger partial charge is 0.454 e. The van der Waals surface area contributed by atoms with Gasteiger partial charge in [0, 0.05) is 38.4 Å². The van der Waals surface area contributed by atoms with Crippen molar-refractivity contribution < 1.29 is 19.0 Å². The number of carbonyl (C=O) groups is 1. The topological polar surface area (TPSA) is 48.0 Å². The molecule has 5 heteroatoms. The molecule has 0 N–H and O–H groups in total. The minimum absolute atomic E-state index is 0.165. The third-order valence-electron chi connectivity index (χ3n) is 5.93. The summed E-state index contributed by atoms with van der Waals surface area (Å²) in [5, 5.41) is 0. The molecule has 1 fully saturated rings. The molecule has 2 heterocycles. The van der Waals surface area contributed by atoms with Crippen LogP contribution in [0.3, 0.4) is 0 Å². The first-order valence-electron chi connectivity index (χ1n) is 10.0. The van der Waals surface area contributed by atoms with E-state index in [1.54, 1.807) is 0 Å². The van der Waals surface area contributed by atoms with Crippen LogP contribution in [-0.4, -0.2) is 30.8 Å². The maximum Gasteiger partial charge on any atom is 0.306 e. The van der Waals surface area contributed by atoms with E-state index in [4.69, 9.17) is 14.2 Å². The highest BCUT2D eigenvalue weighted by atomic mass is 16.7. The van der Waals surface area contributed by atoms with Crippen molar-refractivity contribution in [3.63, 3.8) is 0 Å². The molecule has 1 saturated heterocycles. The van der Waals surface area contributed by atoms with E-state index in [1.807, 2.05) is 31.2 Å². The number of rotatable bonds is 5. The number of piperidine rings is 1. The number of ether oxygens (including phenoxy) is 3. The molecule has 2 aliphatic rings. The van der Waals surface area contributed by atoms with Gasteiger partial charge in [-0.05, 0) is 30.2 Å². The fourth-order valence-electron chi connectivity index (χ4n) is 4.13. The summed E-state index contributed by atoms with van der Waals surface area (Å²) in [4.78, 5) is 14.7. The van der Waals surface area contributed by atoms with E-state index in [2.05, 4.69) is 36.1 Å². The molecule has 0 saturated carbocycles. The molecule has 0 aromatic heterocycles. The molecule has 2 aliphatic heterocycles. The molecule has 0 aliphatic carbocycles. The van der Waals surface area contributed by atoms with E-state index >= 15 is 0 Å². The second kappa shape index (κ2) is 7.84. The van der Waals surface area contributed by atoms with Crippen LogP contribution in [0.1, 0.15) is 50.3 Å². The maximum atomic E-state index is 12.2. The van der Waals surface area contributed by atoms with E-state index in [9.17, 15) is 4.79 Å². The van der Waals surface area contributed by atoms with Crippen LogP contribution >= 0.6 is 0 Å². The summed E-state index contributed by atoms with van der Waals surface area (Å²) in [6, 6.07) is 16.8. The molecule has 1 unspecified atom stereocenters. The Kier molecular flexibility index (Phi) is 5.27. The minimum Gasteiger partial charge on any atom is -0.454 e. The van der Waals surface area contributed by atoms with Gasteiger partial charge in [-0.15, -0.1) is 0 Å². The molecule has 0 amide bonds. The van der Waals surface area contributed by atoms with Crippen LogP contribution in [0.5, 0.6) is 11.5 Å². The maximum absolute atomic E-state index is 12.2. The van der Waals surface area contributed by atoms with E-state index in [1.165, 1.54) is 5.56 Å². The van der Waals surface area contributed by atoms with E-state index < -0.39 is 5.60 Å². The van der Waals surface area contributed by atoms with Crippen molar-refractivity contribution in [2.45, 2.75) is 44.8 Å². The lowest BCUT2D eigenvalue weighted by Crippen LogP contribution is -2.46. The summed E-state index contributed by atoms with van der Waals surface area (Å²) >= 11 is 0. The van der Waals surface area contributed by atoms with Crippen LogP contribution in [-0.2, 0) is 15.1 Å². The monoisotopic (exact) mass is 381 g/mol. The fraction of sp³-hybridized carbons (Fsp3) is 0.435. The van der Waals surface area contributed by atoms with Crippen molar-refractivity contribution in [3.8, 4) is 11.5 Å². The number of nitrogens with zero attached hydrogens (tertiary/aromatic N) is 1. The van der Waals surface area contributed by atoms with Crippen LogP contribution in [0, 0.1) is 0 Å². The minimum atomic E-state index is -0.610. The first kappa shape index (κ1) is 18.8. The van der Waals surface area contributed by atoms with Gasteiger partial charge in [-0.25, -0.2) is 0 Å². The SMILES string of the molecule is CCC(=O)OC1(c2ccc3c(c2)OCO3)CCN(C(C)c2ccccc2)CC1. The van der Waals surface area contributed by atoms with Crippen LogP contribution < -0.4 is 9.47 Å². The van der Waals surface area contributed by atoms with Gasteiger partial charge in [0.2, 0.25) is 6.79 Å². The van der Waals surface area contributed by atoms with Gasteiger partial charge in [0.25, 0.3) is 0 Å². The Labute approximate surface area is 166 Å². The molecule has 2 aromatic rings. The Balaban J connectivity index is 1.56. The van der Waals surface area contributed by atoms with Crippen molar-refractivity contribution in [3.05, 3.63) is 59.7 Å². The number of carbonyl (C=O) groups excluding carboxylic acids is 1. The van der Waals surface area contributed by atoms with Gasteiger partial charge < -0.3 is 14.2 Å². The van der Waals surface area contributed by atoms with Gasteiger partial charge in [-0.3, -0.25) is 9.69 Å². The second-order valence-corrected chi connectivity index (χ2v) is 7.51. The molecule has 0 spiro atoms. The van der Waals surface area contributed by atoms with Crippen molar-refractivity contribution in [2.75, 3.05) is 19.9 Å². The van der Waals surface area contributed by atoms with Gasteiger partial charge in [0.05, 0.1) is 0 Å². The fourth-order valence-corrected chi connectivity index (χ4v) is 4.13. The molecule has 28 heavy (non-hydrogen) atoms. The number of hydrogen-bond acceptors (Lipinski definition) is 5. The average Bonchev–Trinajstić information content (AvgIpc) is 3.22. The van der Waals surface area contributed by atoms with Gasteiger partial charge in [-0.1, -0.05) is 43.3 Å². The van der Waals surface area contributed by atoms with Gasteiger partial charge in [0.15, 0.2) is 11.5 Å². The average molecular weight is 381 g/mol. The zero-order chi connectivity index (χ0) is 19.6. The van der Waals surface area contributed by atoms with Crippen LogP contribution in [0.15, 0.2) is 48.5 Å². The summed E-state index contributed by atoms with van der Waals surface area (Å²) < 4.78 is 17.0. The Morgan fingerprint density at radius 1 is 1.11 bits per heavy atom. The molecular weight excluding hydrogens is 354 g/mol. The number of esters is 1. The molecule has 0 radical (unpaired) electrons. The quantitative estimate of drug-likeness (QED) is 0.718. The highest BCUT2D eigenvalue weighted by Crippen LogP contribution is 2.43. The second-order valence-electron chi connectivity index (χ2n) is 7.51. The smallest absolute Gasteiger partial charge is 0.306 e. The predicted molar refractivity (Wildman–Crippen MR) is 106 cm³/mol. The van der Waals surface area contributed by atoms with Crippen molar-refractivity contribution in [1.29, 1.82) is 0 Å². The molecule has 148 valence electrons. The Hall–Kier alpha value is -2.53. The van der Waals surface area contributed by atoms with E-state index in [0.717, 1.165) is 43.0 Å². The van der Waals surface area contributed by atoms with Crippen LogP contribution in [0.2, 0.25) is 0 Å². The lowest BCUT2D eigenvalue weighted by atomic mass is 9.83. The Morgan fingerprint density at radius 3 is 2.54 bits per heavy atom. The summed E-state index contributed by atoms with van der Waals surface area (Å²) in [7, 11) is 0. The normalized spacial score (nSPS) is 19.2. The third kappa shape index (κ3) is 3.59. The molecular formula is C23H27NO4. The zero-order valence-corrected chi connectivity index (χ0v) is 16.5. The summed E-state index contributed by atoms with van der Waals surface area (Å²) in [5.74, 6) is 1.31. The van der Waals surface area contributed by atoms with Crippen molar-refractivity contribution >= 4 is 5.97 Å². The van der Waals surface area contributed by atoms with Gasteiger partial charge in [0.1, 0.15) is 5.60 Å². The standard InChI is InChI=1S/C23H27NO4/c1-3-22(25)28-23(19-9-10-20-21(15-19)27-16-26-20)11-13-24(14-12-23)17(2)18-7-5-4-6-8-18/h4-10,15,17H,3,11-14,16H2,1-2H3. The number of likely N-dealkylation sites (tertiary alicyclic amines) is 1. The van der Waals surface area contributed by atoms with E-state index in [-0.39, 0.29) is 12.8 Å². The highest BCUT2D eigenvalue weighted by molar-refractivity contribution is 5.69. The number of hydrogen-bond donors (Lipinski definition) is 0.